The minimum absolute atomic E-state index is 0. The van der Waals surface area contributed by atoms with Gasteiger partial charge in [0, 0.05) is 139 Å². The molecule has 141 heavy (non-hydrogen) atoms. The summed E-state index contributed by atoms with van der Waals surface area (Å²) in [7, 11) is 6.29. The number of benzene rings is 4. The molecule has 42 heteroatoms. The van der Waals surface area contributed by atoms with Crippen LogP contribution in [0.15, 0.2) is 197 Å². The van der Waals surface area contributed by atoms with Crippen molar-refractivity contribution in [2.24, 2.45) is 26.4 Å². The summed E-state index contributed by atoms with van der Waals surface area (Å²) in [5.74, 6) is -0.481. The molecule has 0 unspecified atom stereocenters. The van der Waals surface area contributed by atoms with E-state index in [-0.39, 0.29) is 37.9 Å². The third-order valence-electron chi connectivity index (χ3n) is 16.4. The van der Waals surface area contributed by atoms with Crippen molar-refractivity contribution in [1.82, 2.24) is 29.1 Å². The standard InChI is InChI=1S/C32H34ClN3O4.C19H16ClNO3.C13H20N2O2.C12H19N3O2.C7H17NO2.C6H7NO.9CHO.CH4.2BrH.ClH.3Re/c1-23-8-13-31-30(20-23)29(24(2)36(31)32(38)25-9-11-26(33)12-10-25)21-28(37)7-5-16-39-18-19-40-17-15-34-22-27-6-3-4-14-35-27;1-11-3-8-17-16(9-11)15(10-18(22)23)12(2)21(17)19(24)13-4-6-14(20)7-5-13;1-2-8-16-10-11-17-9-7-14-12-13-5-3-4-6-15-13;13-4-7-16-9-10-17-8-6-14-11-12-3-1-2-5-15-12;1-2-4-9-6-7-10-5-3-8;1-8-6-4-2-3-5-7-6;9*1-2;;;;;;;/h3-4,6,8-14,20,22H,5,7,15-19,21H2,1-2H3;3-9H,10H2,1-2H3,(H,22,23);3-6,12H,2,7-11H2,1H3;1-3,5,11H,4,6-10,13H2;2-8H2,1H3;2-5H,1H3;9*1H;1H4;3*1H;;;/q;;;;;;9*-1;;;;;3*+1/p-3. The Bertz CT molecular complexity index is 4610. The zero-order chi connectivity index (χ0) is 108. The molecule has 0 saturated heterocycles. The van der Waals surface area contributed by atoms with Crippen LogP contribution in [-0.4, -0.2) is 283 Å². The molecule has 6 aromatic heterocycles. The van der Waals surface area contributed by atoms with Crippen LogP contribution in [0.5, 0.6) is 5.88 Å². The van der Waals surface area contributed by atoms with Crippen molar-refractivity contribution in [3.8, 4) is 5.88 Å². The van der Waals surface area contributed by atoms with Crippen molar-refractivity contribution in [2.75, 3.05) is 146 Å². The molecule has 0 aliphatic carbocycles. The number of carboxylic acids is 1. The van der Waals surface area contributed by atoms with E-state index in [0.29, 0.717) is 182 Å². The predicted octanol–water partition coefficient (Wildman–Crippen LogP) is 14.7. The molecule has 0 saturated carbocycles. The summed E-state index contributed by atoms with van der Waals surface area (Å²) in [6, 6.07) is 47.9. The van der Waals surface area contributed by atoms with E-state index < -0.39 is 5.97 Å². The van der Waals surface area contributed by atoms with Crippen LogP contribution in [0.1, 0.15) is 118 Å². The number of rotatable bonds is 43. The molecule has 0 atom stereocenters. The third-order valence-corrected chi connectivity index (χ3v) is 16.9. The van der Waals surface area contributed by atoms with Crippen molar-refractivity contribution >= 4 is 185 Å². The molecule has 0 fully saturated rings. The first kappa shape index (κ1) is 149. The van der Waals surface area contributed by atoms with Crippen LogP contribution in [0.3, 0.4) is 0 Å². The Labute approximate surface area is 888 Å². The second kappa shape index (κ2) is 114. The fraction of sp³-hybridized carbons (Fsp3) is 0.354. The Morgan fingerprint density at radius 3 is 0.965 bits per heavy atom. The fourth-order valence-corrected chi connectivity index (χ4v) is 11.1. The SMILES string of the molecule is C.CCCOCCOCCN.CCCOCCOCCN=Cc1ccccn1.COc1ccccn1.Cc1ccc2c(c1)c(CC(=O)CCCOCCOCCN=Cc1ccccn1)c(C)n2C(=O)c1ccc(Cl)cc1.Cc1ccc2c(c1)c(CC(=O)O)c(C)n2C(=O)c1ccc(Cl)cc1.NCCOCCOCCN=Cc1ccccn1.[Br][Re].[Br][Re].[CH-]=O.[CH-]=O.[CH-]=O.[CH-]=O.[CH-]=O.[CH-]=O.[CH-]=O.[CH-]=O.[CH-]=O.[Cl][Re]. The number of hydrogen-bond donors (Lipinski definition) is 3. The van der Waals surface area contributed by atoms with Gasteiger partial charge in [0.1, 0.15) is 5.78 Å². The van der Waals surface area contributed by atoms with Crippen LogP contribution >= 0.6 is 59.6 Å². The van der Waals surface area contributed by atoms with E-state index in [2.05, 4.69) is 137 Å². The summed E-state index contributed by atoms with van der Waals surface area (Å²) in [4.78, 5) is 149. The number of halogens is 5. The molecule has 0 spiro atoms. The number of ether oxygens (including phenoxy) is 9. The number of methoxy groups -OCH3 is 1. The molecule has 0 bridgehead atoms. The third kappa shape index (κ3) is 74.8. The molecule has 6 heterocycles. The van der Waals surface area contributed by atoms with Gasteiger partial charge in [-0.05, 0) is 173 Å². The number of aliphatic carboxylic acids is 1. The van der Waals surface area contributed by atoms with Crippen LogP contribution in [0.4, 0.5) is 0 Å². The summed E-state index contributed by atoms with van der Waals surface area (Å²) in [6.45, 7) is 53.9. The van der Waals surface area contributed by atoms with Gasteiger partial charge in [-0.15, -0.1) is 0 Å². The van der Waals surface area contributed by atoms with E-state index in [0.717, 1.165) is 81.8 Å². The van der Waals surface area contributed by atoms with E-state index in [4.69, 9.17) is 130 Å². The van der Waals surface area contributed by atoms with E-state index in [1.165, 1.54) is 52.5 Å². The van der Waals surface area contributed by atoms with E-state index in [9.17, 15) is 24.3 Å². The summed E-state index contributed by atoms with van der Waals surface area (Å²) in [5, 5.41) is 12.1. The maximum atomic E-state index is 13.4. The molecule has 0 amide bonds. The number of carbonyl (C=O) groups excluding carboxylic acids is 12. The van der Waals surface area contributed by atoms with Crippen molar-refractivity contribution in [2.45, 2.75) is 87.5 Å². The molecule has 10 aromatic rings. The zero-order valence-electron chi connectivity index (χ0n) is 79.0. The number of pyridine rings is 4. The van der Waals surface area contributed by atoms with Crippen LogP contribution in [0.2, 0.25) is 10.0 Å². The summed E-state index contributed by atoms with van der Waals surface area (Å²) in [6.07, 6.45) is 15.5. The van der Waals surface area contributed by atoms with Crippen molar-refractivity contribution in [3.05, 3.63) is 254 Å². The Balaban J connectivity index is -0.000000214. The summed E-state index contributed by atoms with van der Waals surface area (Å²) < 4.78 is 50.6. The summed E-state index contributed by atoms with van der Waals surface area (Å²) >= 11 is 22.1. The van der Waals surface area contributed by atoms with Gasteiger partial charge < -0.3 is 102 Å². The Hall–Kier alpha value is -9.70. The number of carbonyl (C=O) groups is 4. The normalized spacial score (nSPS) is 9.40. The number of aromatic nitrogens is 6. The zero-order valence-corrected chi connectivity index (χ0v) is 92.6. The topological polar surface area (TPSA) is 476 Å². The van der Waals surface area contributed by atoms with E-state index in [1.807, 2.05) is 124 Å². The number of hydrogen-bond acceptors (Lipinski definition) is 31. The number of ketones is 1. The predicted molar refractivity (Wildman–Crippen MR) is 552 cm³/mol. The summed E-state index contributed by atoms with van der Waals surface area (Å²) in [5.41, 5.74) is 20.7. The first-order valence-corrected chi connectivity index (χ1v) is 57.3. The van der Waals surface area contributed by atoms with Gasteiger partial charge >= 0.3 is 94.9 Å². The Morgan fingerprint density at radius 2 is 0.695 bits per heavy atom. The van der Waals surface area contributed by atoms with Crippen LogP contribution in [0.25, 0.3) is 21.8 Å². The van der Waals surface area contributed by atoms with Gasteiger partial charge in [-0.2, -0.15) is 0 Å². The average molecular weight is 2660 g/mol. The second-order valence-electron chi connectivity index (χ2n) is 25.6. The second-order valence-corrected chi connectivity index (χ2v) is 26.4. The number of nitrogens with two attached hydrogens (primary N) is 2. The van der Waals surface area contributed by atoms with Gasteiger partial charge in [0.15, 0.2) is 0 Å². The van der Waals surface area contributed by atoms with Gasteiger partial charge in [-0.25, -0.2) is 4.98 Å². The van der Waals surface area contributed by atoms with Gasteiger partial charge in [0.25, 0.3) is 11.8 Å². The number of Topliss-reactive ketones (excluding diaryl/α,β-unsaturated/α-hetero) is 1. The number of nitrogens with zero attached hydrogens (tertiary/aromatic N) is 9. The molecule has 0 radical (unpaired) electrons. The molecule has 0 aliphatic rings. The number of aryl methyl sites for hydroxylation is 2. The molecule has 5 N–H and O–H groups in total. The van der Waals surface area contributed by atoms with Crippen molar-refractivity contribution in [3.63, 3.8) is 0 Å². The number of aliphatic imine (C=N–C) groups is 3. The van der Waals surface area contributed by atoms with Crippen molar-refractivity contribution < 1.29 is 163 Å². The van der Waals surface area contributed by atoms with Gasteiger partial charge in [-0.3, -0.25) is 119 Å². The molecule has 4 aromatic carbocycles. The maximum absolute atomic E-state index is 13.4. The molecular formula is C99H126Br2Cl3N11O23Re3-9. The van der Waals surface area contributed by atoms with Crippen molar-refractivity contribution in [1.29, 1.82) is 0 Å². The fourth-order valence-electron chi connectivity index (χ4n) is 10.8. The molecule has 0 aliphatic heterocycles. The molecule has 780 valence electrons. The van der Waals surface area contributed by atoms with Crippen LogP contribution < -0.4 is 16.2 Å². The molecular weight excluding hydrogens is 2540 g/mol. The quantitative estimate of drug-likeness (QED) is 0.0138. The number of fused-ring (bicyclic) bond motifs is 2. The first-order valence-electron chi connectivity index (χ1n) is 41.3. The minimum atomic E-state index is -0.919. The monoisotopic (exact) mass is 2660 g/mol. The first-order chi connectivity index (χ1) is 68.5. The number of carboxylic acid groups (broad SMARTS) is 1. The van der Waals surface area contributed by atoms with Crippen LogP contribution in [0, 0.1) is 27.7 Å². The Kier molecular flexibility index (Phi) is 120. The Morgan fingerprint density at radius 1 is 0.404 bits per heavy atom. The van der Waals surface area contributed by atoms with Gasteiger partial charge in [0.2, 0.25) is 5.88 Å². The average Bonchev–Trinajstić information content (AvgIpc) is 1.61. The molecule has 34 nitrogen and oxygen atoms in total. The van der Waals surface area contributed by atoms with E-state index >= 15 is 0 Å². The van der Waals surface area contributed by atoms with Crippen LogP contribution in [-0.2, 0) is 156 Å². The van der Waals surface area contributed by atoms with E-state index in [1.54, 1.807) is 121 Å². The van der Waals surface area contributed by atoms with Gasteiger partial charge in [-0.1, -0.05) is 92.0 Å². The van der Waals surface area contributed by atoms with Gasteiger partial charge in [0.05, 0.1) is 147 Å². The molecule has 10 rings (SSSR count).